The molecule has 0 spiro atoms. The minimum Gasteiger partial charge on any atom is -0.361 e. The fraction of sp³-hybridized carbons (Fsp3) is 0.312. The van der Waals surface area contributed by atoms with Gasteiger partial charge in [0.2, 0.25) is 0 Å². The second-order valence-electron chi connectivity index (χ2n) is 5.23. The Morgan fingerprint density at radius 2 is 2.17 bits per heavy atom. The van der Waals surface area contributed by atoms with Crippen LogP contribution in [0, 0.1) is 6.92 Å². The van der Waals surface area contributed by atoms with Gasteiger partial charge in [0.15, 0.2) is 5.16 Å². The minimum absolute atomic E-state index is 0.00279. The molecule has 5 nitrogen and oxygen atoms in total. The molecule has 3 rings (SSSR count). The third kappa shape index (κ3) is 3.50. The van der Waals surface area contributed by atoms with Crippen LogP contribution in [-0.2, 0) is 12.3 Å². The molecule has 2 aromatic heterocycles. The summed E-state index contributed by atoms with van der Waals surface area (Å²) in [7, 11) is 0. The topological polar surface area (TPSA) is 60.9 Å². The molecule has 0 fully saturated rings. The van der Waals surface area contributed by atoms with Gasteiger partial charge in [-0.3, -0.25) is 9.36 Å². The second-order valence-corrected chi connectivity index (χ2v) is 7.09. The number of rotatable bonds is 5. The van der Waals surface area contributed by atoms with E-state index in [9.17, 15) is 4.79 Å². The van der Waals surface area contributed by atoms with Crippen LogP contribution in [0.2, 0.25) is 0 Å². The summed E-state index contributed by atoms with van der Waals surface area (Å²) in [4.78, 5) is 17.4. The molecular weight excluding hydrogens is 378 g/mol. The smallest absolute Gasteiger partial charge is 0.262 e. The fourth-order valence-corrected chi connectivity index (χ4v) is 3.60. The highest BCUT2D eigenvalue weighted by molar-refractivity contribution is 9.10. The van der Waals surface area contributed by atoms with E-state index in [-0.39, 0.29) is 5.56 Å². The number of aromatic nitrogens is 3. The van der Waals surface area contributed by atoms with Crippen molar-refractivity contribution in [2.24, 2.45) is 0 Å². The summed E-state index contributed by atoms with van der Waals surface area (Å²) in [6, 6.07) is 7.48. The van der Waals surface area contributed by atoms with Crippen molar-refractivity contribution in [2.75, 3.05) is 0 Å². The molecular formula is C16H16BrN3O2S. The summed E-state index contributed by atoms with van der Waals surface area (Å²) >= 11 is 4.92. The monoisotopic (exact) mass is 393 g/mol. The molecule has 0 aliphatic heterocycles. The third-order valence-corrected chi connectivity index (χ3v) is 4.86. The number of nitrogens with zero attached hydrogens (tertiary/aromatic N) is 3. The summed E-state index contributed by atoms with van der Waals surface area (Å²) in [5, 5.41) is 5.33. The zero-order chi connectivity index (χ0) is 16.4. The predicted molar refractivity (Wildman–Crippen MR) is 94.8 cm³/mol. The van der Waals surface area contributed by atoms with E-state index < -0.39 is 0 Å². The van der Waals surface area contributed by atoms with Crippen molar-refractivity contribution in [1.29, 1.82) is 0 Å². The van der Waals surface area contributed by atoms with Gasteiger partial charge in [-0.05, 0) is 31.5 Å². The van der Waals surface area contributed by atoms with Gasteiger partial charge in [-0.2, -0.15) is 0 Å². The molecule has 0 radical (unpaired) electrons. The number of aryl methyl sites for hydroxylation is 1. The van der Waals surface area contributed by atoms with Crippen molar-refractivity contribution < 1.29 is 4.52 Å². The number of halogens is 1. The molecule has 0 saturated heterocycles. The first-order valence-corrected chi connectivity index (χ1v) is 9.11. The Kier molecular flexibility index (Phi) is 4.87. The third-order valence-electron chi connectivity index (χ3n) is 3.35. The lowest BCUT2D eigenvalue weighted by atomic mass is 10.2. The van der Waals surface area contributed by atoms with Gasteiger partial charge in [0, 0.05) is 22.8 Å². The van der Waals surface area contributed by atoms with Crippen LogP contribution in [0.15, 0.2) is 43.2 Å². The van der Waals surface area contributed by atoms with Gasteiger partial charge in [0.05, 0.1) is 16.6 Å². The molecule has 7 heteroatoms. The molecule has 120 valence electrons. The first kappa shape index (κ1) is 16.3. The quantitative estimate of drug-likeness (QED) is 0.481. The van der Waals surface area contributed by atoms with Crippen molar-refractivity contribution in [3.63, 3.8) is 0 Å². The van der Waals surface area contributed by atoms with Gasteiger partial charge < -0.3 is 4.52 Å². The Morgan fingerprint density at radius 3 is 2.87 bits per heavy atom. The predicted octanol–water partition coefficient (Wildman–Crippen LogP) is 4.16. The van der Waals surface area contributed by atoms with Crippen LogP contribution in [0.25, 0.3) is 10.9 Å². The first-order chi connectivity index (χ1) is 11.1. The summed E-state index contributed by atoms with van der Waals surface area (Å²) in [5.74, 6) is 1.40. The Morgan fingerprint density at radius 1 is 1.35 bits per heavy atom. The van der Waals surface area contributed by atoms with E-state index in [1.54, 1.807) is 4.57 Å². The number of hydrogen-bond donors (Lipinski definition) is 0. The first-order valence-electron chi connectivity index (χ1n) is 7.33. The van der Waals surface area contributed by atoms with Crippen LogP contribution >= 0.6 is 27.7 Å². The SMILES string of the molecule is CCCn1c(SCc2cc(C)on2)nc2ccc(Br)cc2c1=O. The maximum Gasteiger partial charge on any atom is 0.262 e. The number of thioether (sulfide) groups is 1. The number of hydrogen-bond acceptors (Lipinski definition) is 5. The molecule has 0 bridgehead atoms. The minimum atomic E-state index is -0.00279. The van der Waals surface area contributed by atoms with Crippen LogP contribution in [0.3, 0.4) is 0 Å². The summed E-state index contributed by atoms with van der Waals surface area (Å²) in [6.45, 7) is 4.56. The zero-order valence-electron chi connectivity index (χ0n) is 12.9. The van der Waals surface area contributed by atoms with Gasteiger partial charge in [0.25, 0.3) is 5.56 Å². The molecule has 1 aromatic carbocycles. The Labute approximate surface area is 146 Å². The van der Waals surface area contributed by atoms with E-state index in [1.807, 2.05) is 38.1 Å². The lowest BCUT2D eigenvalue weighted by molar-refractivity contribution is 0.393. The highest BCUT2D eigenvalue weighted by Crippen LogP contribution is 2.23. The van der Waals surface area contributed by atoms with Crippen molar-refractivity contribution in [1.82, 2.24) is 14.7 Å². The summed E-state index contributed by atoms with van der Waals surface area (Å²) in [6.07, 6.45) is 0.873. The maximum atomic E-state index is 12.8. The molecule has 0 saturated carbocycles. The van der Waals surface area contributed by atoms with Crippen LogP contribution in [0.1, 0.15) is 24.8 Å². The fourth-order valence-electron chi connectivity index (χ4n) is 2.33. The van der Waals surface area contributed by atoms with E-state index in [4.69, 9.17) is 4.52 Å². The van der Waals surface area contributed by atoms with Crippen molar-refractivity contribution in [2.45, 2.75) is 37.7 Å². The van der Waals surface area contributed by atoms with Crippen LogP contribution in [0.4, 0.5) is 0 Å². The largest absolute Gasteiger partial charge is 0.361 e. The van der Waals surface area contributed by atoms with E-state index in [0.717, 1.165) is 22.3 Å². The van der Waals surface area contributed by atoms with Crippen LogP contribution < -0.4 is 5.56 Å². The molecule has 23 heavy (non-hydrogen) atoms. The Hall–Kier alpha value is -1.60. The van der Waals surface area contributed by atoms with Gasteiger partial charge in [-0.1, -0.05) is 39.8 Å². The van der Waals surface area contributed by atoms with Gasteiger partial charge in [0.1, 0.15) is 5.76 Å². The Bertz CT molecular complexity index is 904. The van der Waals surface area contributed by atoms with Gasteiger partial charge >= 0.3 is 0 Å². The highest BCUT2D eigenvalue weighted by Gasteiger charge is 2.12. The van der Waals surface area contributed by atoms with E-state index in [2.05, 4.69) is 26.1 Å². The maximum absolute atomic E-state index is 12.8. The van der Waals surface area contributed by atoms with Crippen LogP contribution in [0.5, 0.6) is 0 Å². The van der Waals surface area contributed by atoms with E-state index in [1.165, 1.54) is 11.8 Å². The molecule has 3 aromatic rings. The standard InChI is InChI=1S/C16H16BrN3O2S/c1-3-6-20-15(21)13-8-11(17)4-5-14(13)18-16(20)23-9-12-7-10(2)22-19-12/h4-5,7-8H,3,6,9H2,1-2H3. The number of fused-ring (bicyclic) bond motifs is 1. The summed E-state index contributed by atoms with van der Waals surface area (Å²) in [5.41, 5.74) is 1.56. The van der Waals surface area contributed by atoms with Crippen molar-refractivity contribution >= 4 is 38.6 Å². The lowest BCUT2D eigenvalue weighted by Gasteiger charge is -2.11. The number of benzene rings is 1. The van der Waals surface area contributed by atoms with Crippen molar-refractivity contribution in [3.05, 3.63) is 50.5 Å². The van der Waals surface area contributed by atoms with Crippen LogP contribution in [-0.4, -0.2) is 14.7 Å². The molecule has 0 atom stereocenters. The van der Waals surface area contributed by atoms with Crippen molar-refractivity contribution in [3.8, 4) is 0 Å². The average Bonchev–Trinajstić information content (AvgIpc) is 2.95. The molecule has 0 aliphatic rings. The normalized spacial score (nSPS) is 11.3. The molecule has 0 aliphatic carbocycles. The molecule has 0 N–H and O–H groups in total. The van der Waals surface area contributed by atoms with Gasteiger partial charge in [-0.25, -0.2) is 4.98 Å². The second kappa shape index (κ2) is 6.88. The Balaban J connectivity index is 2.01. The summed E-state index contributed by atoms with van der Waals surface area (Å²) < 4.78 is 7.70. The average molecular weight is 394 g/mol. The molecule has 0 amide bonds. The molecule has 2 heterocycles. The van der Waals surface area contributed by atoms with E-state index >= 15 is 0 Å². The van der Waals surface area contributed by atoms with E-state index in [0.29, 0.717) is 28.4 Å². The highest BCUT2D eigenvalue weighted by atomic mass is 79.9. The zero-order valence-corrected chi connectivity index (χ0v) is 15.3. The molecule has 0 unspecified atom stereocenters. The lowest BCUT2D eigenvalue weighted by Crippen LogP contribution is -2.23. The van der Waals surface area contributed by atoms with Gasteiger partial charge in [-0.15, -0.1) is 0 Å².